The van der Waals surface area contributed by atoms with Crippen LogP contribution < -0.4 is 5.73 Å². The minimum Gasteiger partial charge on any atom is -0.466 e. The van der Waals surface area contributed by atoms with Gasteiger partial charge in [-0.05, 0) is 36.9 Å². The predicted octanol–water partition coefficient (Wildman–Crippen LogP) is 2.47. The Labute approximate surface area is 85.5 Å². The van der Waals surface area contributed by atoms with Crippen molar-refractivity contribution in [3.8, 4) is 0 Å². The molecular formula is C12H19NO. The molecule has 1 aromatic heterocycles. The van der Waals surface area contributed by atoms with E-state index in [4.69, 9.17) is 10.2 Å². The van der Waals surface area contributed by atoms with Gasteiger partial charge in [0.1, 0.15) is 11.5 Å². The van der Waals surface area contributed by atoms with Crippen LogP contribution in [0.25, 0.3) is 0 Å². The first kappa shape index (κ1) is 9.78. The molecule has 0 saturated carbocycles. The summed E-state index contributed by atoms with van der Waals surface area (Å²) in [6.07, 6.45) is 3.39. The molecule has 0 spiro atoms. The molecule has 1 aliphatic rings. The molecule has 0 saturated heterocycles. The largest absolute Gasteiger partial charge is 0.466 e. The van der Waals surface area contributed by atoms with Crippen LogP contribution in [-0.4, -0.2) is 6.54 Å². The average Bonchev–Trinajstić information content (AvgIpc) is 2.74. The van der Waals surface area contributed by atoms with E-state index >= 15 is 0 Å². The standard InChI is InChI=1S/C12H19NO/c1-3-10-6-9-4-5-11(8(2)7-13)12(9)14-10/h6,8,11H,3-5,7,13H2,1-2H3. The Hall–Kier alpha value is -0.760. The van der Waals surface area contributed by atoms with Crippen molar-refractivity contribution in [2.45, 2.75) is 39.0 Å². The SMILES string of the molecule is CCc1cc2c(o1)C(C(C)CN)CC2. The van der Waals surface area contributed by atoms with Crippen molar-refractivity contribution in [3.63, 3.8) is 0 Å². The highest BCUT2D eigenvalue weighted by Gasteiger charge is 2.30. The monoisotopic (exact) mass is 193 g/mol. The maximum atomic E-state index is 5.86. The molecule has 1 heterocycles. The highest BCUT2D eigenvalue weighted by molar-refractivity contribution is 5.30. The first-order chi connectivity index (χ1) is 6.76. The molecule has 2 N–H and O–H groups in total. The average molecular weight is 193 g/mol. The first-order valence-corrected chi connectivity index (χ1v) is 5.57. The minimum atomic E-state index is 0.548. The van der Waals surface area contributed by atoms with Crippen LogP contribution in [0.5, 0.6) is 0 Å². The molecule has 2 heteroatoms. The molecule has 0 radical (unpaired) electrons. The Morgan fingerprint density at radius 3 is 3.07 bits per heavy atom. The zero-order valence-electron chi connectivity index (χ0n) is 9.05. The van der Waals surface area contributed by atoms with Crippen LogP contribution in [0, 0.1) is 5.92 Å². The van der Waals surface area contributed by atoms with Crippen LogP contribution >= 0.6 is 0 Å². The third-order valence-electron chi connectivity index (χ3n) is 3.36. The van der Waals surface area contributed by atoms with Crippen molar-refractivity contribution in [2.75, 3.05) is 6.54 Å². The summed E-state index contributed by atoms with van der Waals surface area (Å²) in [5, 5.41) is 0. The quantitative estimate of drug-likeness (QED) is 0.801. The van der Waals surface area contributed by atoms with Crippen molar-refractivity contribution < 1.29 is 4.42 Å². The van der Waals surface area contributed by atoms with Gasteiger partial charge in [-0.25, -0.2) is 0 Å². The number of aryl methyl sites for hydroxylation is 2. The molecule has 78 valence electrons. The lowest BCUT2D eigenvalue weighted by molar-refractivity contribution is 0.373. The Bertz CT molecular complexity index is 316. The molecule has 2 rings (SSSR count). The van der Waals surface area contributed by atoms with E-state index in [0.29, 0.717) is 11.8 Å². The van der Waals surface area contributed by atoms with Gasteiger partial charge in [0, 0.05) is 12.3 Å². The van der Waals surface area contributed by atoms with Crippen LogP contribution in [0.2, 0.25) is 0 Å². The molecule has 1 aliphatic carbocycles. The Morgan fingerprint density at radius 2 is 2.43 bits per heavy atom. The highest BCUT2D eigenvalue weighted by Crippen LogP contribution is 2.39. The molecule has 0 aliphatic heterocycles. The fourth-order valence-corrected chi connectivity index (χ4v) is 2.33. The second-order valence-electron chi connectivity index (χ2n) is 4.31. The normalized spacial score (nSPS) is 22.4. The summed E-state index contributed by atoms with van der Waals surface area (Å²) in [7, 11) is 0. The summed E-state index contributed by atoms with van der Waals surface area (Å²) < 4.78 is 5.86. The zero-order chi connectivity index (χ0) is 10.1. The van der Waals surface area contributed by atoms with Crippen LogP contribution in [0.3, 0.4) is 0 Å². The van der Waals surface area contributed by atoms with Gasteiger partial charge in [-0.1, -0.05) is 13.8 Å². The van der Waals surface area contributed by atoms with Crippen molar-refractivity contribution in [3.05, 3.63) is 23.2 Å². The molecular weight excluding hydrogens is 174 g/mol. The number of nitrogens with two attached hydrogens (primary N) is 1. The maximum Gasteiger partial charge on any atom is 0.110 e. The van der Waals surface area contributed by atoms with Gasteiger partial charge in [-0.3, -0.25) is 0 Å². The third kappa shape index (κ3) is 1.48. The number of furan rings is 1. The van der Waals surface area contributed by atoms with Gasteiger partial charge < -0.3 is 10.2 Å². The Morgan fingerprint density at radius 1 is 1.64 bits per heavy atom. The second kappa shape index (κ2) is 3.77. The maximum absolute atomic E-state index is 5.86. The number of rotatable bonds is 3. The van der Waals surface area contributed by atoms with Crippen molar-refractivity contribution >= 4 is 0 Å². The molecule has 1 aromatic rings. The van der Waals surface area contributed by atoms with Crippen molar-refractivity contribution in [1.29, 1.82) is 0 Å². The number of fused-ring (bicyclic) bond motifs is 1. The van der Waals surface area contributed by atoms with Crippen LogP contribution in [0.15, 0.2) is 10.5 Å². The molecule has 2 unspecified atom stereocenters. The predicted molar refractivity (Wildman–Crippen MR) is 57.4 cm³/mol. The Balaban J connectivity index is 2.24. The van der Waals surface area contributed by atoms with Crippen molar-refractivity contribution in [2.24, 2.45) is 11.7 Å². The van der Waals surface area contributed by atoms with Crippen LogP contribution in [0.4, 0.5) is 0 Å². The van der Waals surface area contributed by atoms with Gasteiger partial charge in [-0.15, -0.1) is 0 Å². The van der Waals surface area contributed by atoms with E-state index in [-0.39, 0.29) is 0 Å². The molecule has 2 nitrogen and oxygen atoms in total. The molecule has 0 aromatic carbocycles. The zero-order valence-corrected chi connectivity index (χ0v) is 9.05. The molecule has 0 amide bonds. The lowest BCUT2D eigenvalue weighted by Gasteiger charge is -2.15. The van der Waals surface area contributed by atoms with Gasteiger partial charge in [0.05, 0.1) is 0 Å². The van der Waals surface area contributed by atoms with Gasteiger partial charge in [0.2, 0.25) is 0 Å². The smallest absolute Gasteiger partial charge is 0.110 e. The molecule has 14 heavy (non-hydrogen) atoms. The second-order valence-corrected chi connectivity index (χ2v) is 4.31. The summed E-state index contributed by atoms with van der Waals surface area (Å²) in [5.41, 5.74) is 7.13. The van der Waals surface area contributed by atoms with E-state index in [2.05, 4.69) is 19.9 Å². The van der Waals surface area contributed by atoms with Crippen molar-refractivity contribution in [1.82, 2.24) is 0 Å². The summed E-state index contributed by atoms with van der Waals surface area (Å²) in [6, 6.07) is 2.22. The van der Waals surface area contributed by atoms with Gasteiger partial charge in [0.15, 0.2) is 0 Å². The van der Waals surface area contributed by atoms with Crippen LogP contribution in [0.1, 0.15) is 43.3 Å². The Kier molecular flexibility index (Phi) is 2.64. The van der Waals surface area contributed by atoms with Gasteiger partial charge in [0.25, 0.3) is 0 Å². The number of hydrogen-bond acceptors (Lipinski definition) is 2. The van der Waals surface area contributed by atoms with E-state index in [1.165, 1.54) is 24.2 Å². The summed E-state index contributed by atoms with van der Waals surface area (Å²) in [5.74, 6) is 3.46. The van der Waals surface area contributed by atoms with E-state index in [9.17, 15) is 0 Å². The summed E-state index contributed by atoms with van der Waals surface area (Å²) in [6.45, 7) is 5.11. The molecule has 2 atom stereocenters. The molecule has 0 bridgehead atoms. The van der Waals surface area contributed by atoms with E-state index in [1.54, 1.807) is 0 Å². The number of hydrogen-bond donors (Lipinski definition) is 1. The van der Waals surface area contributed by atoms with Gasteiger partial charge >= 0.3 is 0 Å². The van der Waals surface area contributed by atoms with Crippen LogP contribution in [-0.2, 0) is 12.8 Å². The highest BCUT2D eigenvalue weighted by atomic mass is 16.3. The topological polar surface area (TPSA) is 39.2 Å². The lowest BCUT2D eigenvalue weighted by atomic mass is 9.93. The minimum absolute atomic E-state index is 0.548. The van der Waals surface area contributed by atoms with E-state index in [0.717, 1.165) is 18.7 Å². The first-order valence-electron chi connectivity index (χ1n) is 5.57. The fourth-order valence-electron chi connectivity index (χ4n) is 2.33. The fraction of sp³-hybridized carbons (Fsp3) is 0.667. The van der Waals surface area contributed by atoms with E-state index < -0.39 is 0 Å². The summed E-state index contributed by atoms with van der Waals surface area (Å²) >= 11 is 0. The lowest BCUT2D eigenvalue weighted by Crippen LogP contribution is -2.17. The van der Waals surface area contributed by atoms with Gasteiger partial charge in [-0.2, -0.15) is 0 Å². The summed E-state index contributed by atoms with van der Waals surface area (Å²) in [4.78, 5) is 0. The van der Waals surface area contributed by atoms with E-state index in [1.807, 2.05) is 0 Å². The third-order valence-corrected chi connectivity index (χ3v) is 3.36. The molecule has 0 fully saturated rings.